The molecule has 0 saturated heterocycles. The van der Waals surface area contributed by atoms with Gasteiger partial charge in [-0.05, 0) is 28.9 Å². The predicted octanol–water partition coefficient (Wildman–Crippen LogP) is 2.46. The summed E-state index contributed by atoms with van der Waals surface area (Å²) in [4.78, 5) is 14.7. The molecule has 0 spiro atoms. The normalized spacial score (nSPS) is 13.0. The Morgan fingerprint density at radius 3 is 2.93 bits per heavy atom. The highest BCUT2D eigenvalue weighted by atomic mass is 79.9. The second-order valence-corrected chi connectivity index (χ2v) is 4.40. The Hall–Kier alpha value is -1.13. The largest absolute Gasteiger partial charge is 0.360 e. The third-order valence-electron chi connectivity index (χ3n) is 2.33. The van der Waals surface area contributed by atoms with Gasteiger partial charge in [-0.1, -0.05) is 12.1 Å². The van der Waals surface area contributed by atoms with E-state index in [1.165, 1.54) is 0 Å². The first-order valence-electron chi connectivity index (χ1n) is 4.66. The third-order valence-corrected chi connectivity index (χ3v) is 2.99. The van der Waals surface area contributed by atoms with Crippen LogP contribution in [0.25, 0.3) is 10.9 Å². The number of nitrogens with one attached hydrogen (secondary N) is 1. The molecule has 1 heterocycles. The number of aromatic nitrogens is 1. The van der Waals surface area contributed by atoms with Crippen molar-refractivity contribution >= 4 is 32.6 Å². The summed E-state index contributed by atoms with van der Waals surface area (Å²) in [5, 5.41) is 1.07. The summed E-state index contributed by atoms with van der Waals surface area (Å²) < 4.78 is 0.997. The molecule has 3 N–H and O–H groups in total. The maximum absolute atomic E-state index is 11.6. The standard InChI is InChI=1S/C11H11BrN2O/c1-6(13)11(15)7-2-3-8-9(12)5-14-10(8)4-7/h2-6,14H,13H2,1H3. The van der Waals surface area contributed by atoms with Crippen molar-refractivity contribution in [2.45, 2.75) is 13.0 Å². The van der Waals surface area contributed by atoms with Gasteiger partial charge in [-0.25, -0.2) is 0 Å². The summed E-state index contributed by atoms with van der Waals surface area (Å²) in [6.45, 7) is 1.69. The van der Waals surface area contributed by atoms with Crippen molar-refractivity contribution in [2.75, 3.05) is 0 Å². The first kappa shape index (κ1) is 10.4. The van der Waals surface area contributed by atoms with Crippen LogP contribution in [0.2, 0.25) is 0 Å². The van der Waals surface area contributed by atoms with Crippen LogP contribution in [-0.4, -0.2) is 16.8 Å². The molecule has 4 heteroatoms. The van der Waals surface area contributed by atoms with Crippen LogP contribution in [0.15, 0.2) is 28.9 Å². The van der Waals surface area contributed by atoms with E-state index in [0.29, 0.717) is 5.56 Å². The van der Waals surface area contributed by atoms with Crippen molar-refractivity contribution in [3.63, 3.8) is 0 Å². The zero-order valence-corrected chi connectivity index (χ0v) is 9.84. The molecule has 0 amide bonds. The Morgan fingerprint density at radius 2 is 2.27 bits per heavy atom. The molecular weight excluding hydrogens is 256 g/mol. The lowest BCUT2D eigenvalue weighted by atomic mass is 10.0. The molecule has 1 atom stereocenters. The van der Waals surface area contributed by atoms with E-state index in [2.05, 4.69) is 20.9 Å². The number of H-pyrrole nitrogens is 1. The lowest BCUT2D eigenvalue weighted by molar-refractivity contribution is 0.0968. The summed E-state index contributed by atoms with van der Waals surface area (Å²) in [5.41, 5.74) is 7.13. The summed E-state index contributed by atoms with van der Waals surface area (Å²) in [5.74, 6) is -0.0392. The summed E-state index contributed by atoms with van der Waals surface area (Å²) in [7, 11) is 0. The number of rotatable bonds is 2. The van der Waals surface area contributed by atoms with Crippen LogP contribution >= 0.6 is 15.9 Å². The van der Waals surface area contributed by atoms with Gasteiger partial charge in [-0.2, -0.15) is 0 Å². The number of fused-ring (bicyclic) bond motifs is 1. The van der Waals surface area contributed by atoms with Crippen LogP contribution in [0.3, 0.4) is 0 Å². The van der Waals surface area contributed by atoms with Crippen LogP contribution in [-0.2, 0) is 0 Å². The SMILES string of the molecule is CC(N)C(=O)c1ccc2c(Br)c[nH]c2c1. The lowest BCUT2D eigenvalue weighted by Gasteiger charge is -2.04. The van der Waals surface area contributed by atoms with Crippen molar-refractivity contribution < 1.29 is 4.79 Å². The van der Waals surface area contributed by atoms with Gasteiger partial charge in [-0.15, -0.1) is 0 Å². The number of hydrogen-bond acceptors (Lipinski definition) is 2. The number of carbonyl (C=O) groups is 1. The van der Waals surface area contributed by atoms with Crippen molar-refractivity contribution in [3.8, 4) is 0 Å². The second kappa shape index (κ2) is 3.79. The molecule has 1 aromatic carbocycles. The monoisotopic (exact) mass is 266 g/mol. The highest BCUT2D eigenvalue weighted by Gasteiger charge is 2.11. The second-order valence-electron chi connectivity index (χ2n) is 3.55. The minimum atomic E-state index is -0.458. The molecule has 0 radical (unpaired) electrons. The fourth-order valence-corrected chi connectivity index (χ4v) is 1.97. The molecule has 3 nitrogen and oxygen atoms in total. The average molecular weight is 267 g/mol. The van der Waals surface area contributed by atoms with Gasteiger partial charge in [0.2, 0.25) is 0 Å². The van der Waals surface area contributed by atoms with Crippen LogP contribution < -0.4 is 5.73 Å². The van der Waals surface area contributed by atoms with Crippen molar-refractivity contribution in [1.29, 1.82) is 0 Å². The Morgan fingerprint density at radius 1 is 1.53 bits per heavy atom. The fraction of sp³-hybridized carbons (Fsp3) is 0.182. The number of Topliss-reactive ketones (excluding diaryl/α,β-unsaturated/α-hetero) is 1. The Balaban J connectivity index is 2.52. The quantitative estimate of drug-likeness (QED) is 0.821. The van der Waals surface area contributed by atoms with Crippen molar-refractivity contribution in [3.05, 3.63) is 34.4 Å². The molecule has 0 aliphatic rings. The maximum Gasteiger partial charge on any atom is 0.179 e. The van der Waals surface area contributed by atoms with E-state index in [9.17, 15) is 4.79 Å². The molecule has 15 heavy (non-hydrogen) atoms. The predicted molar refractivity (Wildman–Crippen MR) is 64.0 cm³/mol. The molecule has 2 aromatic rings. The van der Waals surface area contributed by atoms with E-state index < -0.39 is 6.04 Å². The van der Waals surface area contributed by atoms with Crippen LogP contribution in [0.5, 0.6) is 0 Å². The molecule has 0 saturated carbocycles. The smallest absolute Gasteiger partial charge is 0.179 e. The van der Waals surface area contributed by atoms with E-state index >= 15 is 0 Å². The first-order valence-corrected chi connectivity index (χ1v) is 5.45. The van der Waals surface area contributed by atoms with E-state index in [0.717, 1.165) is 15.4 Å². The molecule has 2 rings (SSSR count). The zero-order chi connectivity index (χ0) is 11.0. The minimum absolute atomic E-state index is 0.0392. The van der Waals surface area contributed by atoms with E-state index in [1.807, 2.05) is 18.3 Å². The first-order chi connectivity index (χ1) is 7.09. The molecular formula is C11H11BrN2O. The number of halogens is 1. The Labute approximate surface area is 95.8 Å². The topological polar surface area (TPSA) is 58.9 Å². The van der Waals surface area contributed by atoms with Gasteiger partial charge in [0.15, 0.2) is 5.78 Å². The summed E-state index contributed by atoms with van der Waals surface area (Å²) in [6, 6.07) is 5.07. The molecule has 0 aliphatic heterocycles. The molecule has 0 fully saturated rings. The number of carbonyl (C=O) groups excluding carboxylic acids is 1. The number of hydrogen-bond donors (Lipinski definition) is 2. The molecule has 78 valence electrons. The maximum atomic E-state index is 11.6. The number of ketones is 1. The van der Waals surface area contributed by atoms with Crippen molar-refractivity contribution in [2.24, 2.45) is 5.73 Å². The average Bonchev–Trinajstić information content (AvgIpc) is 2.59. The van der Waals surface area contributed by atoms with Gasteiger partial charge >= 0.3 is 0 Å². The fourth-order valence-electron chi connectivity index (χ4n) is 1.51. The Bertz CT molecular complexity index is 516. The van der Waals surface area contributed by atoms with E-state index in [4.69, 9.17) is 5.73 Å². The van der Waals surface area contributed by atoms with Gasteiger partial charge in [0.05, 0.1) is 6.04 Å². The third kappa shape index (κ3) is 1.82. The van der Waals surface area contributed by atoms with Crippen LogP contribution in [0.1, 0.15) is 17.3 Å². The molecule has 0 aliphatic carbocycles. The zero-order valence-electron chi connectivity index (χ0n) is 8.25. The lowest BCUT2D eigenvalue weighted by Crippen LogP contribution is -2.26. The molecule has 0 bridgehead atoms. The number of nitrogens with two attached hydrogens (primary N) is 1. The number of benzene rings is 1. The van der Waals surface area contributed by atoms with Gasteiger partial charge in [0.25, 0.3) is 0 Å². The van der Waals surface area contributed by atoms with E-state index in [-0.39, 0.29) is 5.78 Å². The molecule has 1 unspecified atom stereocenters. The van der Waals surface area contributed by atoms with E-state index in [1.54, 1.807) is 13.0 Å². The minimum Gasteiger partial charge on any atom is -0.360 e. The van der Waals surface area contributed by atoms with Crippen molar-refractivity contribution in [1.82, 2.24) is 4.98 Å². The summed E-state index contributed by atoms with van der Waals surface area (Å²) in [6.07, 6.45) is 1.85. The highest BCUT2D eigenvalue weighted by molar-refractivity contribution is 9.10. The van der Waals surface area contributed by atoms with Gasteiger partial charge in [0.1, 0.15) is 0 Å². The van der Waals surface area contributed by atoms with Gasteiger partial charge in [-0.3, -0.25) is 4.79 Å². The summed E-state index contributed by atoms with van der Waals surface area (Å²) >= 11 is 3.42. The number of aromatic amines is 1. The van der Waals surface area contributed by atoms with Gasteiger partial charge < -0.3 is 10.7 Å². The van der Waals surface area contributed by atoms with Crippen LogP contribution in [0, 0.1) is 0 Å². The van der Waals surface area contributed by atoms with Crippen LogP contribution in [0.4, 0.5) is 0 Å². The van der Waals surface area contributed by atoms with Gasteiger partial charge in [0, 0.05) is 27.1 Å². The Kier molecular flexibility index (Phi) is 2.63. The highest BCUT2D eigenvalue weighted by Crippen LogP contribution is 2.24. The molecule has 1 aromatic heterocycles.